The van der Waals surface area contributed by atoms with Crippen molar-refractivity contribution >= 4 is 11.6 Å². The van der Waals surface area contributed by atoms with Gasteiger partial charge >= 0.3 is 5.69 Å². The molecule has 2 rings (SSSR count). The molecule has 0 unspecified atom stereocenters. The molecule has 0 atom stereocenters. The van der Waals surface area contributed by atoms with Crippen LogP contribution in [0.1, 0.15) is 30.1 Å². The number of benzene rings is 1. The number of nitrogens with one attached hydrogen (secondary N) is 2. The molecule has 1 aromatic rings. The van der Waals surface area contributed by atoms with Gasteiger partial charge in [0.1, 0.15) is 0 Å². The second-order valence-corrected chi connectivity index (χ2v) is 5.23. The smallest absolute Gasteiger partial charge is 0.310 e. The average Bonchev–Trinajstić information content (AvgIpc) is 2.38. The number of phenols is 1. The van der Waals surface area contributed by atoms with Gasteiger partial charge in [-0.1, -0.05) is 0 Å². The molecule has 1 saturated heterocycles. The third-order valence-corrected chi connectivity index (χ3v) is 3.56. The monoisotopic (exact) mass is 279 g/mol. The molecular weight excluding hydrogens is 262 g/mol. The van der Waals surface area contributed by atoms with E-state index in [4.69, 9.17) is 0 Å². The van der Waals surface area contributed by atoms with E-state index < -0.39 is 16.4 Å². The van der Waals surface area contributed by atoms with E-state index in [0.717, 1.165) is 38.1 Å². The Balaban J connectivity index is 2.13. The van der Waals surface area contributed by atoms with E-state index in [2.05, 4.69) is 10.6 Å². The number of phenolic OH excluding ortho intramolecular Hbond substituents is 1. The topological polar surface area (TPSA) is 104 Å². The highest BCUT2D eigenvalue weighted by molar-refractivity contribution is 5.95. The molecule has 20 heavy (non-hydrogen) atoms. The number of hydrogen-bond donors (Lipinski definition) is 3. The summed E-state index contributed by atoms with van der Waals surface area (Å²) >= 11 is 0. The van der Waals surface area contributed by atoms with Gasteiger partial charge in [-0.2, -0.15) is 0 Å². The molecule has 108 valence electrons. The summed E-state index contributed by atoms with van der Waals surface area (Å²) in [4.78, 5) is 22.1. The van der Waals surface area contributed by atoms with Crippen molar-refractivity contribution in [3.8, 4) is 5.75 Å². The molecule has 0 spiro atoms. The normalized spacial score (nSPS) is 17.4. The van der Waals surface area contributed by atoms with Crippen molar-refractivity contribution in [3.05, 3.63) is 33.9 Å². The number of carbonyl (C=O) groups is 1. The van der Waals surface area contributed by atoms with Gasteiger partial charge in [0.2, 0.25) is 0 Å². The van der Waals surface area contributed by atoms with Crippen molar-refractivity contribution in [1.82, 2.24) is 10.6 Å². The quantitative estimate of drug-likeness (QED) is 0.569. The number of carbonyl (C=O) groups excluding carboxylic acids is 1. The second kappa shape index (κ2) is 5.46. The third-order valence-electron chi connectivity index (χ3n) is 3.56. The van der Waals surface area contributed by atoms with Crippen molar-refractivity contribution in [3.63, 3.8) is 0 Å². The van der Waals surface area contributed by atoms with Crippen molar-refractivity contribution in [2.75, 3.05) is 13.1 Å². The third kappa shape index (κ3) is 3.05. The molecule has 0 aromatic heterocycles. The van der Waals surface area contributed by atoms with Crippen molar-refractivity contribution < 1.29 is 14.8 Å². The summed E-state index contributed by atoms with van der Waals surface area (Å²) in [5.74, 6) is -0.835. The fourth-order valence-electron chi connectivity index (χ4n) is 2.27. The zero-order chi connectivity index (χ0) is 14.8. The Morgan fingerprint density at radius 1 is 1.45 bits per heavy atom. The summed E-state index contributed by atoms with van der Waals surface area (Å²) in [6.45, 7) is 3.64. The maximum atomic E-state index is 12.1. The van der Waals surface area contributed by atoms with Crippen LogP contribution in [0.2, 0.25) is 0 Å². The van der Waals surface area contributed by atoms with Gasteiger partial charge < -0.3 is 15.7 Å². The van der Waals surface area contributed by atoms with E-state index in [1.807, 2.05) is 6.92 Å². The molecule has 1 amide bonds. The van der Waals surface area contributed by atoms with Crippen molar-refractivity contribution in [2.45, 2.75) is 25.3 Å². The number of piperidine rings is 1. The highest BCUT2D eigenvalue weighted by atomic mass is 16.6. The minimum atomic E-state index is -0.689. The van der Waals surface area contributed by atoms with Gasteiger partial charge in [0, 0.05) is 17.2 Å². The van der Waals surface area contributed by atoms with E-state index in [9.17, 15) is 20.0 Å². The van der Waals surface area contributed by atoms with E-state index >= 15 is 0 Å². The first-order valence-corrected chi connectivity index (χ1v) is 6.42. The molecule has 3 N–H and O–H groups in total. The zero-order valence-corrected chi connectivity index (χ0v) is 11.2. The van der Waals surface area contributed by atoms with E-state index in [1.54, 1.807) is 0 Å². The van der Waals surface area contributed by atoms with Crippen LogP contribution < -0.4 is 10.6 Å². The fourth-order valence-corrected chi connectivity index (χ4v) is 2.27. The summed E-state index contributed by atoms with van der Waals surface area (Å²) in [5.41, 5.74) is -0.484. The maximum absolute atomic E-state index is 12.1. The first-order valence-electron chi connectivity index (χ1n) is 6.42. The van der Waals surface area contributed by atoms with Crippen LogP contribution in [0.4, 0.5) is 5.69 Å². The van der Waals surface area contributed by atoms with Gasteiger partial charge in [0.25, 0.3) is 5.91 Å². The average molecular weight is 279 g/mol. The molecule has 0 saturated carbocycles. The molecule has 1 aliphatic heterocycles. The Morgan fingerprint density at radius 2 is 2.10 bits per heavy atom. The molecule has 1 fully saturated rings. The van der Waals surface area contributed by atoms with Gasteiger partial charge in [0.15, 0.2) is 5.75 Å². The molecule has 7 heteroatoms. The van der Waals surface area contributed by atoms with Crippen LogP contribution in [0, 0.1) is 10.1 Å². The Labute approximate surface area is 116 Å². The number of amides is 1. The Hall–Kier alpha value is -2.15. The number of nitro groups is 1. The van der Waals surface area contributed by atoms with Crippen molar-refractivity contribution in [1.29, 1.82) is 0 Å². The molecule has 1 heterocycles. The number of rotatable bonds is 3. The number of hydrogen-bond acceptors (Lipinski definition) is 5. The summed E-state index contributed by atoms with van der Waals surface area (Å²) in [6.07, 6.45) is 1.63. The lowest BCUT2D eigenvalue weighted by molar-refractivity contribution is -0.385. The van der Waals surface area contributed by atoms with Gasteiger partial charge in [0.05, 0.1) is 4.92 Å². The van der Waals surface area contributed by atoms with Crippen LogP contribution >= 0.6 is 0 Å². The fraction of sp³-hybridized carbons (Fsp3) is 0.462. The van der Waals surface area contributed by atoms with Crippen molar-refractivity contribution in [2.24, 2.45) is 0 Å². The van der Waals surface area contributed by atoms with Gasteiger partial charge in [-0.05, 0) is 45.0 Å². The first-order chi connectivity index (χ1) is 9.41. The molecule has 7 nitrogen and oxygen atoms in total. The van der Waals surface area contributed by atoms with Gasteiger partial charge in [-0.15, -0.1) is 0 Å². The summed E-state index contributed by atoms with van der Waals surface area (Å²) in [6, 6.07) is 3.60. The second-order valence-electron chi connectivity index (χ2n) is 5.23. The van der Waals surface area contributed by atoms with E-state index in [-0.39, 0.29) is 17.0 Å². The number of aromatic hydroxyl groups is 1. The van der Waals surface area contributed by atoms with Crippen LogP contribution in [0.15, 0.2) is 18.2 Å². The molecule has 1 aliphatic rings. The molecular formula is C13H17N3O4. The minimum Gasteiger partial charge on any atom is -0.502 e. The molecule has 0 radical (unpaired) electrons. The zero-order valence-electron chi connectivity index (χ0n) is 11.2. The van der Waals surface area contributed by atoms with E-state index in [1.165, 1.54) is 6.07 Å². The maximum Gasteiger partial charge on any atom is 0.310 e. The van der Waals surface area contributed by atoms with Gasteiger partial charge in [-0.3, -0.25) is 14.9 Å². The standard InChI is InChI=1S/C13H17N3O4/c1-13(4-6-14-7-5-13)15-12(18)9-2-3-10(16(19)20)11(17)8-9/h2-3,8,14,17H,4-7H2,1H3,(H,15,18). The largest absolute Gasteiger partial charge is 0.502 e. The predicted molar refractivity (Wildman–Crippen MR) is 72.7 cm³/mol. The minimum absolute atomic E-state index is 0.216. The highest BCUT2D eigenvalue weighted by Gasteiger charge is 2.29. The first kappa shape index (κ1) is 14.3. The van der Waals surface area contributed by atoms with Crippen LogP contribution in [0.5, 0.6) is 5.75 Å². The Bertz CT molecular complexity index is 538. The lowest BCUT2D eigenvalue weighted by Crippen LogP contribution is -2.52. The molecule has 1 aromatic carbocycles. The van der Waals surface area contributed by atoms with Gasteiger partial charge in [-0.25, -0.2) is 0 Å². The summed E-state index contributed by atoms with van der Waals surface area (Å²) in [5, 5.41) is 26.3. The van der Waals surface area contributed by atoms with Crippen LogP contribution in [0.25, 0.3) is 0 Å². The van der Waals surface area contributed by atoms with Crippen LogP contribution in [-0.4, -0.2) is 34.6 Å². The highest BCUT2D eigenvalue weighted by Crippen LogP contribution is 2.26. The van der Waals surface area contributed by atoms with E-state index in [0.29, 0.717) is 0 Å². The lowest BCUT2D eigenvalue weighted by Gasteiger charge is -2.35. The van der Waals surface area contributed by atoms with Crippen LogP contribution in [0.3, 0.4) is 0 Å². The summed E-state index contributed by atoms with van der Waals surface area (Å²) < 4.78 is 0. The lowest BCUT2D eigenvalue weighted by atomic mass is 9.90. The molecule has 0 bridgehead atoms. The Kier molecular flexibility index (Phi) is 3.89. The number of nitro benzene ring substituents is 1. The van der Waals surface area contributed by atoms with Crippen LogP contribution in [-0.2, 0) is 0 Å². The predicted octanol–water partition coefficient (Wildman–Crippen LogP) is 1.17. The Morgan fingerprint density at radius 3 is 2.65 bits per heavy atom. The summed E-state index contributed by atoms with van der Waals surface area (Å²) in [7, 11) is 0. The number of nitrogens with zero attached hydrogens (tertiary/aromatic N) is 1. The SMILES string of the molecule is CC1(NC(=O)c2ccc([N+](=O)[O-])c(O)c2)CCNCC1. The molecule has 0 aliphatic carbocycles.